The third-order valence-electron chi connectivity index (χ3n) is 3.09. The van der Waals surface area contributed by atoms with E-state index in [1.807, 2.05) is 0 Å². The fraction of sp³-hybridized carbons (Fsp3) is 0.176. The minimum atomic E-state index is -1.44. The Morgan fingerprint density at radius 1 is 1.00 bits per heavy atom. The summed E-state index contributed by atoms with van der Waals surface area (Å²) < 4.78 is 5.33. The maximum Gasteiger partial charge on any atom is 0.193 e. The topological polar surface area (TPSA) is 161 Å². The molecule has 0 aliphatic heterocycles. The van der Waals surface area contributed by atoms with Gasteiger partial charge in [-0.25, -0.2) is 17.0 Å². The molecule has 0 unspecified atom stereocenters. The van der Waals surface area contributed by atoms with Crippen LogP contribution in [0.3, 0.4) is 0 Å². The van der Waals surface area contributed by atoms with Crippen molar-refractivity contribution in [2.24, 2.45) is 5.90 Å². The molecule has 0 amide bonds. The van der Waals surface area contributed by atoms with Gasteiger partial charge in [-0.15, -0.1) is 12.4 Å². The first-order valence-corrected chi connectivity index (χ1v) is 7.55. The van der Waals surface area contributed by atoms with Crippen molar-refractivity contribution in [2.75, 3.05) is 0 Å². The number of halogens is 2. The molecule has 0 heterocycles. The van der Waals surface area contributed by atoms with Crippen molar-refractivity contribution in [1.29, 1.82) is 0 Å². The molecule has 150 valence electrons. The highest BCUT2D eigenvalue weighted by molar-refractivity contribution is 6.30. The summed E-state index contributed by atoms with van der Waals surface area (Å²) in [4.78, 5) is 23.2. The highest BCUT2D eigenvalue weighted by atomic mass is 35.5. The Morgan fingerprint density at radius 2 is 1.37 bits per heavy atom. The molecule has 10 heteroatoms. The van der Waals surface area contributed by atoms with Gasteiger partial charge in [0, 0.05) is 16.1 Å². The van der Waals surface area contributed by atoms with Crippen LogP contribution in [0.25, 0.3) is 0 Å². The molecule has 0 spiro atoms. The number of ketones is 1. The van der Waals surface area contributed by atoms with Crippen molar-refractivity contribution in [3.8, 4) is 5.75 Å². The molecule has 0 saturated heterocycles. The summed E-state index contributed by atoms with van der Waals surface area (Å²) in [5.41, 5.74) is -0.448. The number of carboxylic acids is 1. The van der Waals surface area contributed by atoms with E-state index in [9.17, 15) is 14.7 Å². The van der Waals surface area contributed by atoms with E-state index in [0.29, 0.717) is 21.9 Å². The van der Waals surface area contributed by atoms with Crippen LogP contribution in [0.15, 0.2) is 48.5 Å². The van der Waals surface area contributed by atoms with Crippen LogP contribution < -0.4 is 21.6 Å². The molecule has 0 bridgehead atoms. The fourth-order valence-electron chi connectivity index (χ4n) is 1.78. The van der Waals surface area contributed by atoms with E-state index in [-0.39, 0.29) is 18.2 Å². The Kier molecular flexibility index (Phi) is 13.1. The van der Waals surface area contributed by atoms with Gasteiger partial charge in [-0.2, -0.15) is 0 Å². The molecule has 2 aromatic rings. The Morgan fingerprint density at radius 3 is 1.74 bits per heavy atom. The molecule has 0 atom stereocenters. The Bertz CT molecular complexity index is 706. The number of nitrogens with two attached hydrogens (primary N) is 1. The van der Waals surface area contributed by atoms with Crippen molar-refractivity contribution >= 4 is 35.8 Å². The number of carbonyl (C=O) groups is 2. The summed E-state index contributed by atoms with van der Waals surface area (Å²) in [7, 11) is 0. The van der Waals surface area contributed by atoms with Gasteiger partial charge in [0.2, 0.25) is 0 Å². The number of quaternary nitrogens is 1. The normalized spacial score (nSPS) is 9.44. The van der Waals surface area contributed by atoms with Gasteiger partial charge in [0.25, 0.3) is 0 Å². The van der Waals surface area contributed by atoms with E-state index in [0.717, 1.165) is 0 Å². The summed E-state index contributed by atoms with van der Waals surface area (Å²) in [5.74, 6) is 4.64. The van der Waals surface area contributed by atoms with Gasteiger partial charge in [0.1, 0.15) is 11.4 Å². The Balaban J connectivity index is 0. The van der Waals surface area contributed by atoms with Crippen LogP contribution in [-0.2, 0) is 4.79 Å². The number of ether oxygens (including phenoxy) is 1. The first-order chi connectivity index (χ1) is 12.3. The number of carbonyl (C=O) groups excluding carboxylic acids is 2. The SMILES string of the molecule is CC(C)(Oc1ccc(C(=O)c2ccc(Cl)cc2)cc1)C(=O)[O-].Cl.NO.[NH3+]O. The van der Waals surface area contributed by atoms with E-state index in [1.165, 1.54) is 13.8 Å². The molecular formula is C17H22Cl2N2O6. The van der Waals surface area contributed by atoms with Crippen molar-refractivity contribution in [2.45, 2.75) is 19.4 Å². The Hall–Kier alpha value is -2.20. The quantitative estimate of drug-likeness (QED) is 0.411. The molecule has 7 N–H and O–H groups in total. The van der Waals surface area contributed by atoms with Gasteiger partial charge in [-0.3, -0.25) is 4.79 Å². The van der Waals surface area contributed by atoms with E-state index in [1.54, 1.807) is 48.5 Å². The van der Waals surface area contributed by atoms with E-state index in [4.69, 9.17) is 26.8 Å². The van der Waals surface area contributed by atoms with Crippen LogP contribution in [0.5, 0.6) is 5.75 Å². The summed E-state index contributed by atoms with van der Waals surface area (Å²) in [5, 5.41) is 24.7. The molecule has 8 nitrogen and oxygen atoms in total. The minimum absolute atomic E-state index is 0. The smallest absolute Gasteiger partial charge is 0.193 e. The number of rotatable bonds is 5. The van der Waals surface area contributed by atoms with Gasteiger partial charge < -0.3 is 19.8 Å². The minimum Gasteiger partial charge on any atom is -0.546 e. The van der Waals surface area contributed by atoms with Crippen LogP contribution >= 0.6 is 24.0 Å². The average molecular weight is 421 g/mol. The first kappa shape index (κ1) is 27.0. The second-order valence-electron chi connectivity index (χ2n) is 5.26. The summed E-state index contributed by atoms with van der Waals surface area (Å²) in [6.07, 6.45) is 0. The van der Waals surface area contributed by atoms with Crippen molar-refractivity contribution in [3.05, 3.63) is 64.7 Å². The average Bonchev–Trinajstić information content (AvgIpc) is 2.65. The zero-order chi connectivity index (χ0) is 20.3. The van der Waals surface area contributed by atoms with Gasteiger partial charge in [0.05, 0.1) is 5.97 Å². The van der Waals surface area contributed by atoms with E-state index in [2.05, 4.69) is 11.8 Å². The van der Waals surface area contributed by atoms with Crippen LogP contribution in [0.2, 0.25) is 5.02 Å². The second kappa shape index (κ2) is 13.0. The van der Waals surface area contributed by atoms with Crippen molar-refractivity contribution < 1.29 is 35.7 Å². The van der Waals surface area contributed by atoms with Gasteiger partial charge in [0.15, 0.2) is 5.78 Å². The maximum absolute atomic E-state index is 12.3. The number of aliphatic carboxylic acids is 1. The molecule has 0 fully saturated rings. The number of hydrogen-bond acceptors (Lipinski definition) is 7. The molecular weight excluding hydrogens is 399 g/mol. The van der Waals surface area contributed by atoms with Gasteiger partial charge >= 0.3 is 0 Å². The largest absolute Gasteiger partial charge is 0.546 e. The molecule has 0 aromatic heterocycles. The van der Waals surface area contributed by atoms with Crippen molar-refractivity contribution in [1.82, 2.24) is 0 Å². The molecule has 0 radical (unpaired) electrons. The summed E-state index contributed by atoms with van der Waals surface area (Å²) in [6.45, 7) is 2.80. The highest BCUT2D eigenvalue weighted by Gasteiger charge is 2.21. The molecule has 2 aromatic carbocycles. The molecule has 27 heavy (non-hydrogen) atoms. The third kappa shape index (κ3) is 8.35. The molecule has 0 aliphatic carbocycles. The van der Waals surface area contributed by atoms with E-state index >= 15 is 0 Å². The molecule has 0 aliphatic rings. The molecule has 2 rings (SSSR count). The van der Waals surface area contributed by atoms with Crippen LogP contribution in [-0.4, -0.2) is 27.8 Å². The molecule has 0 saturated carbocycles. The van der Waals surface area contributed by atoms with Crippen LogP contribution in [0.1, 0.15) is 29.8 Å². The van der Waals surface area contributed by atoms with Crippen LogP contribution in [0, 0.1) is 0 Å². The summed E-state index contributed by atoms with van der Waals surface area (Å²) >= 11 is 5.79. The van der Waals surface area contributed by atoms with Crippen LogP contribution in [0.4, 0.5) is 0 Å². The number of hydrogen-bond donors (Lipinski definition) is 4. The number of carboxylic acid groups (broad SMARTS) is 1. The standard InChI is InChI=1S/C17H15ClO4.ClH.H4NO.H3NO/c1-17(2,16(20)21)22-14-9-5-12(6-10-14)15(19)11-3-7-13(18)8-4-11;;2*1-2/h3-10H,1-2H3,(H,20,21);1H;2H,1H3;2H,1H2/q;;+1;/p-1. The second-order valence-corrected chi connectivity index (χ2v) is 5.70. The lowest BCUT2D eigenvalue weighted by Gasteiger charge is -2.27. The third-order valence-corrected chi connectivity index (χ3v) is 3.34. The Labute approximate surface area is 167 Å². The first-order valence-electron chi connectivity index (χ1n) is 7.18. The number of benzene rings is 2. The maximum atomic E-state index is 12.3. The lowest BCUT2D eigenvalue weighted by Crippen LogP contribution is -2.47. The lowest BCUT2D eigenvalue weighted by molar-refractivity contribution is -0.670. The van der Waals surface area contributed by atoms with Gasteiger partial charge in [-0.05, 0) is 62.4 Å². The monoisotopic (exact) mass is 420 g/mol. The highest BCUT2D eigenvalue weighted by Crippen LogP contribution is 2.20. The summed E-state index contributed by atoms with van der Waals surface area (Å²) in [6, 6.07) is 12.9. The van der Waals surface area contributed by atoms with Gasteiger partial charge in [-0.1, -0.05) is 11.6 Å². The zero-order valence-corrected chi connectivity index (χ0v) is 16.3. The van der Waals surface area contributed by atoms with Crippen molar-refractivity contribution in [3.63, 3.8) is 0 Å². The fourth-order valence-corrected chi connectivity index (χ4v) is 1.90. The predicted octanol–water partition coefficient (Wildman–Crippen LogP) is 0.852. The predicted molar refractivity (Wildman–Crippen MR) is 98.9 cm³/mol. The lowest BCUT2D eigenvalue weighted by atomic mass is 10.0. The zero-order valence-electron chi connectivity index (χ0n) is 14.7. The van der Waals surface area contributed by atoms with E-state index < -0.39 is 11.6 Å².